The summed E-state index contributed by atoms with van der Waals surface area (Å²) in [4.78, 5) is 0. The normalized spacial score (nSPS) is 21.1. The summed E-state index contributed by atoms with van der Waals surface area (Å²) in [5.41, 5.74) is 6.88. The molecule has 1 unspecified atom stereocenters. The number of hydrogen-bond acceptors (Lipinski definition) is 2. The van der Waals surface area contributed by atoms with E-state index in [0.29, 0.717) is 13.0 Å². The summed E-state index contributed by atoms with van der Waals surface area (Å²) >= 11 is 0. The Labute approximate surface area is 116 Å². The second-order valence-corrected chi connectivity index (χ2v) is 5.33. The lowest BCUT2D eigenvalue weighted by atomic mass is 9.84. The van der Waals surface area contributed by atoms with Crippen molar-refractivity contribution >= 4 is 0 Å². The van der Waals surface area contributed by atoms with Crippen molar-refractivity contribution in [2.75, 3.05) is 6.61 Å². The van der Waals surface area contributed by atoms with Gasteiger partial charge < -0.3 is 10.5 Å². The summed E-state index contributed by atoms with van der Waals surface area (Å²) in [6.07, 6.45) is 0.823. The molecule has 0 spiro atoms. The van der Waals surface area contributed by atoms with Gasteiger partial charge in [-0.25, -0.2) is 8.78 Å². The van der Waals surface area contributed by atoms with Crippen LogP contribution in [0.2, 0.25) is 0 Å². The van der Waals surface area contributed by atoms with Gasteiger partial charge in [0.15, 0.2) is 11.6 Å². The molecule has 1 aliphatic heterocycles. The van der Waals surface area contributed by atoms with Gasteiger partial charge in [0.2, 0.25) is 0 Å². The molecule has 2 aromatic carbocycles. The van der Waals surface area contributed by atoms with E-state index < -0.39 is 17.2 Å². The van der Waals surface area contributed by atoms with Crippen LogP contribution in [0.4, 0.5) is 8.78 Å². The van der Waals surface area contributed by atoms with Gasteiger partial charge in [-0.1, -0.05) is 30.3 Å². The molecule has 0 radical (unpaired) electrons. The highest BCUT2D eigenvalue weighted by Gasteiger charge is 2.33. The fourth-order valence-electron chi connectivity index (χ4n) is 2.62. The van der Waals surface area contributed by atoms with E-state index >= 15 is 0 Å². The van der Waals surface area contributed by atoms with Crippen LogP contribution in [0, 0.1) is 11.6 Å². The van der Waals surface area contributed by atoms with Crippen LogP contribution in [0.25, 0.3) is 0 Å². The van der Waals surface area contributed by atoms with Gasteiger partial charge in [0.05, 0.1) is 5.54 Å². The Morgan fingerprint density at radius 1 is 1.10 bits per heavy atom. The van der Waals surface area contributed by atoms with E-state index in [2.05, 4.69) is 0 Å². The van der Waals surface area contributed by atoms with Gasteiger partial charge in [-0.2, -0.15) is 0 Å². The van der Waals surface area contributed by atoms with Crippen LogP contribution < -0.4 is 10.5 Å². The monoisotopic (exact) mass is 275 g/mol. The smallest absolute Gasteiger partial charge is 0.162 e. The summed E-state index contributed by atoms with van der Waals surface area (Å²) in [7, 11) is 0. The van der Waals surface area contributed by atoms with Crippen LogP contribution in [-0.2, 0) is 12.8 Å². The lowest BCUT2D eigenvalue weighted by Crippen LogP contribution is -2.52. The Morgan fingerprint density at radius 2 is 1.90 bits per heavy atom. The highest BCUT2D eigenvalue weighted by atomic mass is 19.2. The van der Waals surface area contributed by atoms with Gasteiger partial charge in [0, 0.05) is 0 Å². The lowest BCUT2D eigenvalue weighted by Gasteiger charge is -2.34. The molecular formula is C16H15F2NO. The predicted octanol–water partition coefficient (Wildman–Crippen LogP) is 2.84. The Kier molecular flexibility index (Phi) is 3.18. The van der Waals surface area contributed by atoms with Crippen molar-refractivity contribution < 1.29 is 13.5 Å². The van der Waals surface area contributed by atoms with Crippen molar-refractivity contribution in [1.29, 1.82) is 0 Å². The number of hydrogen-bond donors (Lipinski definition) is 1. The standard InChI is InChI=1S/C16H15F2NO/c17-13-6-3-5-12(15(13)18)9-16(19)8-11-4-1-2-7-14(11)20-10-16/h1-7H,8-10,19H2. The van der Waals surface area contributed by atoms with E-state index in [4.69, 9.17) is 10.5 Å². The molecule has 104 valence electrons. The van der Waals surface area contributed by atoms with Gasteiger partial charge in [0.25, 0.3) is 0 Å². The molecule has 2 aromatic rings. The van der Waals surface area contributed by atoms with Crippen LogP contribution in [-0.4, -0.2) is 12.1 Å². The van der Waals surface area contributed by atoms with Crippen LogP contribution in [0.3, 0.4) is 0 Å². The Bertz CT molecular complexity index is 644. The van der Waals surface area contributed by atoms with Crippen LogP contribution >= 0.6 is 0 Å². The molecule has 1 heterocycles. The lowest BCUT2D eigenvalue weighted by molar-refractivity contribution is 0.188. The van der Waals surface area contributed by atoms with E-state index in [1.54, 1.807) is 6.07 Å². The Morgan fingerprint density at radius 3 is 2.75 bits per heavy atom. The third-order valence-electron chi connectivity index (χ3n) is 3.60. The summed E-state index contributed by atoms with van der Waals surface area (Å²) < 4.78 is 32.6. The largest absolute Gasteiger partial charge is 0.491 e. The molecule has 3 rings (SSSR count). The molecule has 20 heavy (non-hydrogen) atoms. The minimum atomic E-state index is -0.844. The molecule has 0 amide bonds. The van der Waals surface area contributed by atoms with Crippen molar-refractivity contribution in [1.82, 2.24) is 0 Å². The maximum Gasteiger partial charge on any atom is 0.162 e. The average molecular weight is 275 g/mol. The second kappa shape index (κ2) is 4.87. The SMILES string of the molecule is NC1(Cc2cccc(F)c2F)COc2ccccc2C1. The summed E-state index contributed by atoms with van der Waals surface area (Å²) in [6, 6.07) is 11.8. The molecule has 0 saturated heterocycles. The molecule has 4 heteroatoms. The van der Waals surface area contributed by atoms with Crippen molar-refractivity contribution in [2.24, 2.45) is 5.73 Å². The first-order valence-corrected chi connectivity index (χ1v) is 6.50. The van der Waals surface area contributed by atoms with Crippen molar-refractivity contribution in [3.05, 3.63) is 65.2 Å². The third kappa shape index (κ3) is 2.39. The molecule has 0 aromatic heterocycles. The van der Waals surface area contributed by atoms with Gasteiger partial charge in [-0.3, -0.25) is 0 Å². The maximum absolute atomic E-state index is 13.8. The fourth-order valence-corrected chi connectivity index (χ4v) is 2.62. The zero-order chi connectivity index (χ0) is 14.2. The first-order valence-electron chi connectivity index (χ1n) is 6.50. The second-order valence-electron chi connectivity index (χ2n) is 5.33. The van der Waals surface area contributed by atoms with Gasteiger partial charge in [-0.05, 0) is 36.1 Å². The molecule has 0 bridgehead atoms. The Hall–Kier alpha value is -1.94. The fraction of sp³-hybridized carbons (Fsp3) is 0.250. The molecule has 2 nitrogen and oxygen atoms in total. The topological polar surface area (TPSA) is 35.2 Å². The highest BCUT2D eigenvalue weighted by molar-refractivity contribution is 5.37. The Balaban J connectivity index is 1.86. The van der Waals surface area contributed by atoms with Crippen LogP contribution in [0.1, 0.15) is 11.1 Å². The van der Waals surface area contributed by atoms with E-state index in [1.165, 1.54) is 6.07 Å². The molecule has 2 N–H and O–H groups in total. The zero-order valence-corrected chi connectivity index (χ0v) is 10.9. The number of ether oxygens (including phenoxy) is 1. The molecule has 1 atom stereocenters. The van der Waals surface area contributed by atoms with E-state index in [-0.39, 0.29) is 12.0 Å². The summed E-state index contributed by atoms with van der Waals surface area (Å²) in [5.74, 6) is -0.854. The summed E-state index contributed by atoms with van der Waals surface area (Å²) in [6.45, 7) is 0.292. The average Bonchev–Trinajstić information content (AvgIpc) is 2.44. The summed E-state index contributed by atoms with van der Waals surface area (Å²) in [5, 5.41) is 0. The van der Waals surface area contributed by atoms with Crippen molar-refractivity contribution in [3.8, 4) is 5.75 Å². The zero-order valence-electron chi connectivity index (χ0n) is 10.9. The van der Waals surface area contributed by atoms with Crippen LogP contribution in [0.5, 0.6) is 5.75 Å². The molecule has 0 saturated carbocycles. The number of halogens is 2. The molecule has 0 aliphatic carbocycles. The van der Waals surface area contributed by atoms with Crippen LogP contribution in [0.15, 0.2) is 42.5 Å². The first-order chi connectivity index (χ1) is 9.57. The van der Waals surface area contributed by atoms with Gasteiger partial charge in [0.1, 0.15) is 12.4 Å². The van der Waals surface area contributed by atoms with Gasteiger partial charge >= 0.3 is 0 Å². The van der Waals surface area contributed by atoms with E-state index in [1.807, 2.05) is 24.3 Å². The van der Waals surface area contributed by atoms with Crippen molar-refractivity contribution in [3.63, 3.8) is 0 Å². The number of nitrogens with two attached hydrogens (primary N) is 1. The molecular weight excluding hydrogens is 260 g/mol. The molecule has 0 fully saturated rings. The minimum absolute atomic E-state index is 0.241. The van der Waals surface area contributed by atoms with E-state index in [0.717, 1.165) is 17.4 Å². The highest BCUT2D eigenvalue weighted by Crippen LogP contribution is 2.30. The van der Waals surface area contributed by atoms with Crippen molar-refractivity contribution in [2.45, 2.75) is 18.4 Å². The quantitative estimate of drug-likeness (QED) is 0.914. The maximum atomic E-state index is 13.8. The number of para-hydroxylation sites is 1. The third-order valence-corrected chi connectivity index (χ3v) is 3.60. The molecule has 1 aliphatic rings. The first kappa shape index (κ1) is 13.1. The number of benzene rings is 2. The number of fused-ring (bicyclic) bond motifs is 1. The predicted molar refractivity (Wildman–Crippen MR) is 72.6 cm³/mol. The minimum Gasteiger partial charge on any atom is -0.491 e. The van der Waals surface area contributed by atoms with E-state index in [9.17, 15) is 8.78 Å². The number of rotatable bonds is 2. The van der Waals surface area contributed by atoms with Gasteiger partial charge in [-0.15, -0.1) is 0 Å².